The molecule has 1 heterocycles. The summed E-state index contributed by atoms with van der Waals surface area (Å²) in [7, 11) is 1.73. The Morgan fingerprint density at radius 2 is 2.44 bits per heavy atom. The van der Waals surface area contributed by atoms with E-state index < -0.39 is 0 Å². The Labute approximate surface area is 108 Å². The molecule has 18 heavy (non-hydrogen) atoms. The van der Waals surface area contributed by atoms with Gasteiger partial charge < -0.3 is 15.4 Å². The minimum Gasteiger partial charge on any atom is -0.374 e. The van der Waals surface area contributed by atoms with E-state index in [4.69, 9.17) is 15.7 Å². The summed E-state index contributed by atoms with van der Waals surface area (Å²) in [5.74, 6) is 0.0376. The van der Waals surface area contributed by atoms with Crippen LogP contribution in [0.4, 0.5) is 0 Å². The Bertz CT molecular complexity index is 314. The summed E-state index contributed by atoms with van der Waals surface area (Å²) >= 11 is 0. The SMILES string of the molecule is CC(N)C1CN(CC(=O)N(C)CCC#N)CCO1. The molecule has 1 saturated heterocycles. The molecule has 0 aromatic heterocycles. The first-order valence-electron chi connectivity index (χ1n) is 6.25. The van der Waals surface area contributed by atoms with E-state index in [2.05, 4.69) is 4.90 Å². The van der Waals surface area contributed by atoms with E-state index in [-0.39, 0.29) is 18.1 Å². The summed E-state index contributed by atoms with van der Waals surface area (Å²) in [4.78, 5) is 15.6. The predicted octanol–water partition coefficient (Wildman–Crippen LogP) is -0.594. The number of nitrogens with two attached hydrogens (primary N) is 1. The number of morpholine rings is 1. The smallest absolute Gasteiger partial charge is 0.236 e. The Morgan fingerprint density at radius 1 is 1.72 bits per heavy atom. The number of rotatable bonds is 5. The van der Waals surface area contributed by atoms with Gasteiger partial charge in [0.1, 0.15) is 0 Å². The second kappa shape index (κ2) is 7.31. The fourth-order valence-corrected chi connectivity index (χ4v) is 1.85. The van der Waals surface area contributed by atoms with Crippen LogP contribution in [0, 0.1) is 11.3 Å². The largest absolute Gasteiger partial charge is 0.374 e. The third-order valence-corrected chi connectivity index (χ3v) is 3.11. The molecule has 6 heteroatoms. The van der Waals surface area contributed by atoms with E-state index >= 15 is 0 Å². The second-order valence-electron chi connectivity index (χ2n) is 4.73. The maximum absolute atomic E-state index is 11.9. The Hall–Kier alpha value is -1.16. The number of ether oxygens (including phenoxy) is 1. The van der Waals surface area contributed by atoms with E-state index in [0.717, 1.165) is 6.54 Å². The average molecular weight is 254 g/mol. The molecule has 0 spiro atoms. The number of nitrogens with zero attached hydrogens (tertiary/aromatic N) is 3. The van der Waals surface area contributed by atoms with Crippen LogP contribution in [-0.2, 0) is 9.53 Å². The topological polar surface area (TPSA) is 82.6 Å². The normalized spacial score (nSPS) is 22.2. The summed E-state index contributed by atoms with van der Waals surface area (Å²) in [6.07, 6.45) is 0.365. The van der Waals surface area contributed by atoms with Crippen molar-refractivity contribution in [3.63, 3.8) is 0 Å². The van der Waals surface area contributed by atoms with Crippen molar-refractivity contribution in [2.24, 2.45) is 5.73 Å². The zero-order valence-corrected chi connectivity index (χ0v) is 11.1. The number of carbonyl (C=O) groups is 1. The Balaban J connectivity index is 2.37. The molecule has 1 aliphatic heterocycles. The standard InChI is InChI=1S/C12H22N4O2/c1-10(14)11-8-16(6-7-18-11)9-12(17)15(2)5-3-4-13/h10-11H,3,5-9,14H2,1-2H3. The first-order valence-corrected chi connectivity index (χ1v) is 6.25. The first kappa shape index (κ1) is 14.9. The summed E-state index contributed by atoms with van der Waals surface area (Å²) in [6, 6.07) is 2.01. The summed E-state index contributed by atoms with van der Waals surface area (Å²) in [5.41, 5.74) is 5.80. The van der Waals surface area contributed by atoms with Crippen LogP contribution in [0.25, 0.3) is 0 Å². The van der Waals surface area contributed by atoms with Gasteiger partial charge in [-0.1, -0.05) is 0 Å². The minimum absolute atomic E-state index is 0.00374. The number of likely N-dealkylation sites (N-methyl/N-ethyl adjacent to an activating group) is 1. The summed E-state index contributed by atoms with van der Waals surface area (Å²) in [5, 5.41) is 8.49. The Kier molecular flexibility index (Phi) is 6.05. The molecule has 102 valence electrons. The first-order chi connectivity index (χ1) is 8.54. The molecule has 0 aromatic carbocycles. The molecule has 2 atom stereocenters. The van der Waals surface area contributed by atoms with Crippen molar-refractivity contribution >= 4 is 5.91 Å². The van der Waals surface area contributed by atoms with Gasteiger partial charge in [-0.05, 0) is 6.92 Å². The van der Waals surface area contributed by atoms with Gasteiger partial charge >= 0.3 is 0 Å². The van der Waals surface area contributed by atoms with Crippen LogP contribution in [0.1, 0.15) is 13.3 Å². The van der Waals surface area contributed by atoms with E-state index in [1.165, 1.54) is 0 Å². The third kappa shape index (κ3) is 4.61. The maximum atomic E-state index is 11.9. The van der Waals surface area contributed by atoms with E-state index in [0.29, 0.717) is 32.7 Å². The van der Waals surface area contributed by atoms with Gasteiger partial charge in [0.2, 0.25) is 5.91 Å². The number of hydrogen-bond acceptors (Lipinski definition) is 5. The summed E-state index contributed by atoms with van der Waals surface area (Å²) in [6.45, 7) is 4.82. The lowest BCUT2D eigenvalue weighted by Gasteiger charge is -2.34. The van der Waals surface area contributed by atoms with Gasteiger partial charge in [-0.3, -0.25) is 9.69 Å². The molecule has 1 fully saturated rings. The lowest BCUT2D eigenvalue weighted by atomic mass is 10.1. The fraction of sp³-hybridized carbons (Fsp3) is 0.833. The van der Waals surface area contributed by atoms with Crippen molar-refractivity contribution in [1.29, 1.82) is 5.26 Å². The number of nitriles is 1. The van der Waals surface area contributed by atoms with Gasteiger partial charge in [-0.15, -0.1) is 0 Å². The lowest BCUT2D eigenvalue weighted by molar-refractivity contribution is -0.133. The molecule has 1 aliphatic rings. The molecule has 2 unspecified atom stereocenters. The number of hydrogen-bond donors (Lipinski definition) is 1. The van der Waals surface area contributed by atoms with Crippen LogP contribution in [-0.4, -0.2) is 67.7 Å². The number of amides is 1. The van der Waals surface area contributed by atoms with Gasteiger partial charge in [0.05, 0.1) is 31.7 Å². The van der Waals surface area contributed by atoms with E-state index in [1.807, 2.05) is 13.0 Å². The molecule has 6 nitrogen and oxygen atoms in total. The molecular formula is C12H22N4O2. The molecule has 0 aromatic rings. The van der Waals surface area contributed by atoms with Crippen LogP contribution >= 0.6 is 0 Å². The zero-order valence-electron chi connectivity index (χ0n) is 11.1. The number of carbonyl (C=O) groups excluding carboxylic acids is 1. The highest BCUT2D eigenvalue weighted by atomic mass is 16.5. The molecule has 1 amide bonds. The van der Waals surface area contributed by atoms with Gasteiger partial charge in [-0.2, -0.15) is 5.26 Å². The van der Waals surface area contributed by atoms with Crippen molar-refractivity contribution in [3.05, 3.63) is 0 Å². The zero-order chi connectivity index (χ0) is 13.5. The molecule has 1 rings (SSSR count). The Morgan fingerprint density at radius 3 is 3.06 bits per heavy atom. The summed E-state index contributed by atoms with van der Waals surface area (Å²) < 4.78 is 5.54. The highest BCUT2D eigenvalue weighted by molar-refractivity contribution is 5.78. The van der Waals surface area contributed by atoms with Gasteiger partial charge in [0.15, 0.2) is 0 Å². The monoisotopic (exact) mass is 254 g/mol. The van der Waals surface area contributed by atoms with Crippen LogP contribution < -0.4 is 5.73 Å². The molecule has 0 radical (unpaired) electrons. The van der Waals surface area contributed by atoms with Gasteiger partial charge in [-0.25, -0.2) is 0 Å². The minimum atomic E-state index is -0.0285. The van der Waals surface area contributed by atoms with Gasteiger partial charge in [0, 0.05) is 32.7 Å². The van der Waals surface area contributed by atoms with Crippen molar-refractivity contribution in [1.82, 2.24) is 9.80 Å². The highest BCUT2D eigenvalue weighted by Crippen LogP contribution is 2.07. The van der Waals surface area contributed by atoms with E-state index in [9.17, 15) is 4.79 Å². The third-order valence-electron chi connectivity index (χ3n) is 3.11. The average Bonchev–Trinajstić information content (AvgIpc) is 2.36. The molecule has 0 aliphatic carbocycles. The highest BCUT2D eigenvalue weighted by Gasteiger charge is 2.25. The lowest BCUT2D eigenvalue weighted by Crippen LogP contribution is -2.52. The molecule has 0 saturated carbocycles. The molecule has 2 N–H and O–H groups in total. The van der Waals surface area contributed by atoms with Crippen molar-refractivity contribution in [3.8, 4) is 6.07 Å². The van der Waals surface area contributed by atoms with Crippen LogP contribution in [0.2, 0.25) is 0 Å². The second-order valence-corrected chi connectivity index (χ2v) is 4.73. The maximum Gasteiger partial charge on any atom is 0.236 e. The fourth-order valence-electron chi connectivity index (χ4n) is 1.85. The molecular weight excluding hydrogens is 232 g/mol. The predicted molar refractivity (Wildman–Crippen MR) is 67.7 cm³/mol. The van der Waals surface area contributed by atoms with E-state index in [1.54, 1.807) is 11.9 Å². The van der Waals surface area contributed by atoms with Crippen LogP contribution in [0.3, 0.4) is 0 Å². The quantitative estimate of drug-likeness (QED) is 0.709. The molecule has 0 bridgehead atoms. The van der Waals surface area contributed by atoms with Crippen molar-refractivity contribution in [2.45, 2.75) is 25.5 Å². The van der Waals surface area contributed by atoms with Crippen molar-refractivity contribution in [2.75, 3.05) is 39.8 Å². The van der Waals surface area contributed by atoms with Crippen molar-refractivity contribution < 1.29 is 9.53 Å². The van der Waals surface area contributed by atoms with Crippen LogP contribution in [0.5, 0.6) is 0 Å². The van der Waals surface area contributed by atoms with Crippen LogP contribution in [0.15, 0.2) is 0 Å². The van der Waals surface area contributed by atoms with Gasteiger partial charge in [0.25, 0.3) is 0 Å².